The summed E-state index contributed by atoms with van der Waals surface area (Å²) in [4.78, 5) is 29.1. The van der Waals surface area contributed by atoms with Gasteiger partial charge in [-0.15, -0.1) is 0 Å². The van der Waals surface area contributed by atoms with Gasteiger partial charge in [-0.2, -0.15) is 0 Å². The van der Waals surface area contributed by atoms with Crippen LogP contribution in [-0.2, 0) is 26.2 Å². The fraction of sp³-hybridized carbons (Fsp3) is 0.355. The van der Waals surface area contributed by atoms with E-state index in [4.69, 9.17) is 23.2 Å². The highest BCUT2D eigenvalue weighted by atomic mass is 35.5. The van der Waals surface area contributed by atoms with Crippen LogP contribution in [0.1, 0.15) is 50.8 Å². The molecule has 0 heterocycles. The second kappa shape index (κ2) is 13.3. The molecular formula is C31H37Cl2N3O4S. The Morgan fingerprint density at radius 2 is 1.46 bits per heavy atom. The van der Waals surface area contributed by atoms with Gasteiger partial charge in [-0.1, -0.05) is 60.5 Å². The van der Waals surface area contributed by atoms with E-state index in [1.54, 1.807) is 55.5 Å². The summed E-state index contributed by atoms with van der Waals surface area (Å²) < 4.78 is 29.0. The van der Waals surface area contributed by atoms with Crippen molar-refractivity contribution in [2.75, 3.05) is 10.8 Å². The molecule has 10 heteroatoms. The van der Waals surface area contributed by atoms with Crippen LogP contribution in [0.4, 0.5) is 5.69 Å². The van der Waals surface area contributed by atoms with Crippen molar-refractivity contribution in [2.24, 2.45) is 0 Å². The molecule has 0 aliphatic heterocycles. The number of aryl methyl sites for hydroxylation is 2. The number of anilines is 1. The molecule has 3 aromatic carbocycles. The minimum atomic E-state index is -4.15. The van der Waals surface area contributed by atoms with Crippen LogP contribution in [-0.4, -0.2) is 43.3 Å². The van der Waals surface area contributed by atoms with Gasteiger partial charge in [0.15, 0.2) is 0 Å². The largest absolute Gasteiger partial charge is 0.350 e. The molecule has 0 bridgehead atoms. The second-order valence-electron chi connectivity index (χ2n) is 11.1. The van der Waals surface area contributed by atoms with E-state index in [-0.39, 0.29) is 23.8 Å². The van der Waals surface area contributed by atoms with Gasteiger partial charge < -0.3 is 10.2 Å². The molecule has 7 nitrogen and oxygen atoms in total. The Morgan fingerprint density at radius 1 is 0.902 bits per heavy atom. The number of benzene rings is 3. The summed E-state index contributed by atoms with van der Waals surface area (Å²) in [5.74, 6) is -0.934. The van der Waals surface area contributed by atoms with Gasteiger partial charge in [-0.3, -0.25) is 13.9 Å². The first-order chi connectivity index (χ1) is 19.1. The Kier molecular flexibility index (Phi) is 10.5. The van der Waals surface area contributed by atoms with Crippen molar-refractivity contribution >= 4 is 50.7 Å². The number of halogens is 2. The van der Waals surface area contributed by atoms with Crippen molar-refractivity contribution in [1.82, 2.24) is 10.2 Å². The Morgan fingerprint density at radius 3 is 1.98 bits per heavy atom. The van der Waals surface area contributed by atoms with Crippen molar-refractivity contribution in [2.45, 2.75) is 71.0 Å². The molecule has 1 atom stereocenters. The van der Waals surface area contributed by atoms with Crippen LogP contribution in [0.15, 0.2) is 71.6 Å². The Balaban J connectivity index is 2.14. The minimum Gasteiger partial charge on any atom is -0.350 e. The molecule has 0 saturated heterocycles. The molecule has 220 valence electrons. The zero-order valence-corrected chi connectivity index (χ0v) is 26.6. The van der Waals surface area contributed by atoms with Gasteiger partial charge in [-0.05, 0) is 88.6 Å². The number of nitrogens with zero attached hydrogens (tertiary/aromatic N) is 2. The molecule has 0 aliphatic carbocycles. The van der Waals surface area contributed by atoms with E-state index >= 15 is 0 Å². The summed E-state index contributed by atoms with van der Waals surface area (Å²) in [6.45, 7) is 10.4. The van der Waals surface area contributed by atoms with Gasteiger partial charge in [0.25, 0.3) is 10.0 Å². The number of amides is 2. The molecule has 0 aliphatic rings. The van der Waals surface area contributed by atoms with E-state index in [0.29, 0.717) is 21.3 Å². The fourth-order valence-corrected chi connectivity index (χ4v) is 6.51. The van der Waals surface area contributed by atoms with Gasteiger partial charge in [0.05, 0.1) is 10.6 Å². The third-order valence-electron chi connectivity index (χ3n) is 6.38. The van der Waals surface area contributed by atoms with Crippen LogP contribution in [0.5, 0.6) is 0 Å². The average Bonchev–Trinajstić information content (AvgIpc) is 2.87. The van der Waals surface area contributed by atoms with Gasteiger partial charge in [0.1, 0.15) is 12.6 Å². The number of rotatable bonds is 10. The van der Waals surface area contributed by atoms with Crippen molar-refractivity contribution in [1.29, 1.82) is 0 Å². The van der Waals surface area contributed by atoms with E-state index < -0.39 is 34.1 Å². The molecule has 0 saturated carbocycles. The molecule has 0 aromatic heterocycles. The number of sulfonamides is 1. The fourth-order valence-electron chi connectivity index (χ4n) is 4.57. The quantitative estimate of drug-likeness (QED) is 0.280. The highest BCUT2D eigenvalue weighted by Crippen LogP contribution is 2.29. The van der Waals surface area contributed by atoms with Crippen LogP contribution < -0.4 is 9.62 Å². The molecule has 0 unspecified atom stereocenters. The number of carbonyl (C=O) groups excluding carboxylic acids is 2. The maximum absolute atomic E-state index is 14.2. The highest BCUT2D eigenvalue weighted by Gasteiger charge is 2.35. The standard InChI is InChI=1S/C31H37Cl2N3O4S/c1-7-28(30(38)34-31(4,5)6)35(19-25-26(32)14-11-15-27(25)33)29(37)20-36(23-17-21(2)16-22(3)18-23)41(39,40)24-12-9-8-10-13-24/h8-18,28H,7,19-20H2,1-6H3,(H,34,38)/t28-/m0/s1. The zero-order valence-electron chi connectivity index (χ0n) is 24.2. The first kappa shape index (κ1) is 32.4. The van der Waals surface area contributed by atoms with E-state index in [0.717, 1.165) is 15.4 Å². The van der Waals surface area contributed by atoms with Crippen LogP contribution in [0, 0.1) is 13.8 Å². The highest BCUT2D eigenvalue weighted by molar-refractivity contribution is 7.92. The Hall–Kier alpha value is -3.07. The minimum absolute atomic E-state index is 0.0465. The third-order valence-corrected chi connectivity index (χ3v) is 8.88. The summed E-state index contributed by atoms with van der Waals surface area (Å²) in [6.07, 6.45) is 0.282. The Labute approximate surface area is 253 Å². The number of hydrogen-bond acceptors (Lipinski definition) is 4. The lowest BCUT2D eigenvalue weighted by Gasteiger charge is -2.35. The molecule has 3 aromatic rings. The maximum Gasteiger partial charge on any atom is 0.264 e. The van der Waals surface area contributed by atoms with E-state index in [1.807, 2.05) is 40.7 Å². The first-order valence-electron chi connectivity index (χ1n) is 13.3. The predicted octanol–water partition coefficient (Wildman–Crippen LogP) is 6.53. The smallest absolute Gasteiger partial charge is 0.264 e. The molecule has 0 radical (unpaired) electrons. The second-order valence-corrected chi connectivity index (χ2v) is 13.7. The molecule has 41 heavy (non-hydrogen) atoms. The number of hydrogen-bond donors (Lipinski definition) is 1. The molecule has 1 N–H and O–H groups in total. The summed E-state index contributed by atoms with van der Waals surface area (Å²) in [5, 5.41) is 3.62. The van der Waals surface area contributed by atoms with E-state index in [1.165, 1.54) is 17.0 Å². The van der Waals surface area contributed by atoms with Crippen molar-refractivity contribution in [3.8, 4) is 0 Å². The number of nitrogens with one attached hydrogen (secondary N) is 1. The van der Waals surface area contributed by atoms with Crippen LogP contribution >= 0.6 is 23.2 Å². The topological polar surface area (TPSA) is 86.8 Å². The SMILES string of the molecule is CC[C@@H](C(=O)NC(C)(C)C)N(Cc1c(Cl)cccc1Cl)C(=O)CN(c1cc(C)cc(C)c1)S(=O)(=O)c1ccccc1. The predicted molar refractivity (Wildman–Crippen MR) is 166 cm³/mol. The lowest BCUT2D eigenvalue weighted by atomic mass is 10.1. The van der Waals surface area contributed by atoms with Crippen molar-refractivity contribution in [3.05, 3.63) is 93.5 Å². The van der Waals surface area contributed by atoms with E-state index in [2.05, 4.69) is 5.32 Å². The molecule has 0 fully saturated rings. The third kappa shape index (κ3) is 8.24. The van der Waals surface area contributed by atoms with E-state index in [9.17, 15) is 18.0 Å². The monoisotopic (exact) mass is 617 g/mol. The zero-order chi connectivity index (χ0) is 30.5. The Bertz CT molecular complexity index is 1460. The van der Waals surface area contributed by atoms with Crippen molar-refractivity contribution in [3.63, 3.8) is 0 Å². The van der Waals surface area contributed by atoms with Gasteiger partial charge in [-0.25, -0.2) is 8.42 Å². The summed E-state index contributed by atoms with van der Waals surface area (Å²) in [6, 6.07) is 17.4. The van der Waals surface area contributed by atoms with Gasteiger partial charge in [0, 0.05) is 27.7 Å². The summed E-state index contributed by atoms with van der Waals surface area (Å²) >= 11 is 12.9. The van der Waals surface area contributed by atoms with Crippen molar-refractivity contribution < 1.29 is 18.0 Å². The molecular weight excluding hydrogens is 581 g/mol. The summed E-state index contributed by atoms with van der Waals surface area (Å²) in [5.41, 5.74) is 1.95. The molecule has 0 spiro atoms. The van der Waals surface area contributed by atoms with Gasteiger partial charge in [0.2, 0.25) is 11.8 Å². The lowest BCUT2D eigenvalue weighted by molar-refractivity contribution is -0.141. The average molecular weight is 619 g/mol. The summed E-state index contributed by atoms with van der Waals surface area (Å²) in [7, 11) is -4.15. The maximum atomic E-state index is 14.2. The number of carbonyl (C=O) groups is 2. The van der Waals surface area contributed by atoms with Gasteiger partial charge >= 0.3 is 0 Å². The molecule has 3 rings (SSSR count). The van der Waals surface area contributed by atoms with Crippen LogP contribution in [0.25, 0.3) is 0 Å². The normalized spacial score (nSPS) is 12.5. The lowest BCUT2D eigenvalue weighted by Crippen LogP contribution is -2.55. The first-order valence-corrected chi connectivity index (χ1v) is 15.5. The van der Waals surface area contributed by atoms with Crippen LogP contribution in [0.2, 0.25) is 10.0 Å². The molecule has 2 amide bonds. The van der Waals surface area contributed by atoms with Crippen LogP contribution in [0.3, 0.4) is 0 Å².